The van der Waals surface area contributed by atoms with Crippen LogP contribution in [0.2, 0.25) is 0 Å². The molecule has 1 saturated heterocycles. The lowest BCUT2D eigenvalue weighted by Crippen LogP contribution is -2.45. The molecule has 0 aliphatic carbocycles. The van der Waals surface area contributed by atoms with Crippen LogP contribution < -0.4 is 21.1 Å². The Kier molecular flexibility index (Phi) is 5.55. The van der Waals surface area contributed by atoms with Crippen LogP contribution in [0, 0.1) is 0 Å². The highest BCUT2D eigenvalue weighted by Crippen LogP contribution is 2.42. The smallest absolute Gasteiger partial charge is 0.414 e. The predicted octanol–water partition coefficient (Wildman–Crippen LogP) is 3.16. The third-order valence-electron chi connectivity index (χ3n) is 7.25. The van der Waals surface area contributed by atoms with Gasteiger partial charge in [-0.2, -0.15) is 0 Å². The molecule has 2 aromatic carbocycles. The average molecular weight is 507 g/mol. The number of nitrogens with one attached hydrogen (secondary N) is 2. The van der Waals surface area contributed by atoms with Gasteiger partial charge in [0.25, 0.3) is 5.56 Å². The second-order valence-electron chi connectivity index (χ2n) is 9.56. The van der Waals surface area contributed by atoms with E-state index in [1.807, 2.05) is 43.3 Å². The minimum absolute atomic E-state index is 0.0516. The zero-order valence-electron chi connectivity index (χ0n) is 19.7. The molecule has 3 N–H and O–H groups in total. The van der Waals surface area contributed by atoms with Crippen molar-refractivity contribution in [2.45, 2.75) is 42.5 Å². The van der Waals surface area contributed by atoms with E-state index < -0.39 is 17.9 Å². The summed E-state index contributed by atoms with van der Waals surface area (Å²) in [6.07, 6.45) is -0.317. The van der Waals surface area contributed by atoms with Gasteiger partial charge < -0.3 is 20.5 Å². The number of nitrogens with zero attached hydrogens (tertiary/aromatic N) is 2. The number of carbonyl (C=O) groups excluding carboxylic acids is 2. The average Bonchev–Trinajstić information content (AvgIpc) is 3.35. The number of benzene rings is 2. The summed E-state index contributed by atoms with van der Waals surface area (Å²) in [5.74, 6) is 0.340. The number of aliphatic hydroxyl groups excluding tert-OH is 1. The number of hydrogen-bond acceptors (Lipinski definition) is 7. The van der Waals surface area contributed by atoms with Crippen molar-refractivity contribution in [3.05, 3.63) is 64.4 Å². The third kappa shape index (κ3) is 3.68. The van der Waals surface area contributed by atoms with Crippen molar-refractivity contribution in [1.82, 2.24) is 9.88 Å². The fraction of sp³-hybridized carbons (Fsp3) is 0.346. The number of amides is 2. The topological polar surface area (TPSA) is 113 Å². The van der Waals surface area contributed by atoms with E-state index in [2.05, 4.69) is 10.6 Å². The van der Waals surface area contributed by atoms with Crippen molar-refractivity contribution in [3.63, 3.8) is 0 Å². The summed E-state index contributed by atoms with van der Waals surface area (Å²) in [6.45, 7) is 2.91. The normalized spacial score (nSPS) is 24.7. The quantitative estimate of drug-likeness (QED) is 0.440. The van der Waals surface area contributed by atoms with E-state index in [0.717, 1.165) is 21.4 Å². The number of carbonyl (C=O) groups is 2. The molecule has 10 heteroatoms. The molecular formula is C26H26N4O5S. The van der Waals surface area contributed by atoms with Crippen molar-refractivity contribution >= 4 is 46.0 Å². The Hall–Kier alpha value is -3.34. The maximum atomic E-state index is 12.5. The molecule has 0 spiro atoms. The molecule has 2 amide bonds. The van der Waals surface area contributed by atoms with Gasteiger partial charge in [-0.15, -0.1) is 11.8 Å². The Bertz CT molecular complexity index is 1460. The monoisotopic (exact) mass is 506 g/mol. The standard InChI is InChI=1S/C26H26N4O5S/c1-26(18-6-2-4-15-7-10-22(32)30(23(15)18)24(26)33)27-11-3-5-17-13-29(25(34)35-17)16-8-9-20-19(12-16)28-21(31)14-36-20/h2,4,6-10,12,17,24,27,33H,3,5,11,13-14H2,1H3,(H,28,31)/t17-,24+,26+/m0/s1. The first-order valence-electron chi connectivity index (χ1n) is 12.0. The molecule has 3 aliphatic rings. The van der Waals surface area contributed by atoms with E-state index in [1.165, 1.54) is 22.4 Å². The Morgan fingerprint density at radius 1 is 1.19 bits per heavy atom. The van der Waals surface area contributed by atoms with E-state index in [4.69, 9.17) is 4.74 Å². The van der Waals surface area contributed by atoms with Crippen LogP contribution in [0.25, 0.3) is 10.9 Å². The molecule has 4 heterocycles. The zero-order chi connectivity index (χ0) is 25.0. The van der Waals surface area contributed by atoms with Crippen LogP contribution in [-0.4, -0.2) is 46.6 Å². The molecule has 0 bridgehead atoms. The van der Waals surface area contributed by atoms with Crippen LogP contribution in [-0.2, 0) is 15.1 Å². The van der Waals surface area contributed by atoms with E-state index >= 15 is 0 Å². The third-order valence-corrected chi connectivity index (χ3v) is 8.32. The van der Waals surface area contributed by atoms with Gasteiger partial charge >= 0.3 is 6.09 Å². The fourth-order valence-corrected chi connectivity index (χ4v) is 6.15. The zero-order valence-corrected chi connectivity index (χ0v) is 20.5. The van der Waals surface area contributed by atoms with Crippen molar-refractivity contribution in [2.75, 3.05) is 29.1 Å². The minimum atomic E-state index is -1.02. The fourth-order valence-electron chi connectivity index (χ4n) is 5.36. The van der Waals surface area contributed by atoms with E-state index in [0.29, 0.717) is 43.1 Å². The molecule has 3 aliphatic heterocycles. The van der Waals surface area contributed by atoms with Crippen LogP contribution >= 0.6 is 11.8 Å². The van der Waals surface area contributed by atoms with E-state index in [-0.39, 0.29) is 17.6 Å². The largest absolute Gasteiger partial charge is 0.444 e. The maximum absolute atomic E-state index is 12.5. The number of pyridine rings is 1. The number of thioether (sulfide) groups is 1. The van der Waals surface area contributed by atoms with Gasteiger partial charge in [0.05, 0.1) is 29.0 Å². The first-order chi connectivity index (χ1) is 17.3. The summed E-state index contributed by atoms with van der Waals surface area (Å²) in [4.78, 5) is 39.3. The number of hydrogen-bond donors (Lipinski definition) is 3. The predicted molar refractivity (Wildman–Crippen MR) is 137 cm³/mol. The number of aromatic nitrogens is 1. The summed E-state index contributed by atoms with van der Waals surface area (Å²) in [5.41, 5.74) is 2.02. The number of para-hydroxylation sites is 1. The number of anilines is 2. The number of ether oxygens (including phenoxy) is 1. The summed E-state index contributed by atoms with van der Waals surface area (Å²) < 4.78 is 7.05. The van der Waals surface area contributed by atoms with Gasteiger partial charge in [0.15, 0.2) is 6.23 Å². The number of fused-ring (bicyclic) bond motifs is 1. The van der Waals surface area contributed by atoms with Gasteiger partial charge in [-0.25, -0.2) is 4.79 Å². The Labute approximate surface area is 211 Å². The Morgan fingerprint density at radius 3 is 2.92 bits per heavy atom. The molecule has 6 rings (SSSR count). The van der Waals surface area contributed by atoms with Crippen molar-refractivity contribution in [1.29, 1.82) is 0 Å². The van der Waals surface area contributed by atoms with Crippen molar-refractivity contribution < 1.29 is 19.4 Å². The number of cyclic esters (lactones) is 1. The second-order valence-corrected chi connectivity index (χ2v) is 10.6. The lowest BCUT2D eigenvalue weighted by Gasteiger charge is -2.31. The highest BCUT2D eigenvalue weighted by Gasteiger charge is 2.44. The van der Waals surface area contributed by atoms with Crippen LogP contribution in [0.1, 0.15) is 31.6 Å². The summed E-state index contributed by atoms with van der Waals surface area (Å²) >= 11 is 1.48. The lowest BCUT2D eigenvalue weighted by molar-refractivity contribution is -0.113. The molecule has 186 valence electrons. The first-order valence-corrected chi connectivity index (χ1v) is 13.0. The van der Waals surface area contributed by atoms with Gasteiger partial charge in [-0.3, -0.25) is 19.1 Å². The SMILES string of the molecule is C[C@@]1(NCCC[C@H]2CN(c3ccc4c(c3)NC(=O)CS4)C(=O)O2)c2cccc3ccc(=O)n(c23)[C@@H]1O. The summed E-state index contributed by atoms with van der Waals surface area (Å²) in [6, 6.07) is 14.7. The Balaban J connectivity index is 1.09. The molecule has 0 saturated carbocycles. The van der Waals surface area contributed by atoms with Crippen molar-refractivity contribution in [2.24, 2.45) is 0 Å². The van der Waals surface area contributed by atoms with Crippen LogP contribution in [0.5, 0.6) is 0 Å². The molecule has 36 heavy (non-hydrogen) atoms. The van der Waals surface area contributed by atoms with Gasteiger partial charge in [0.1, 0.15) is 6.10 Å². The summed E-state index contributed by atoms with van der Waals surface area (Å²) in [7, 11) is 0. The van der Waals surface area contributed by atoms with Crippen molar-refractivity contribution in [3.8, 4) is 0 Å². The first kappa shape index (κ1) is 23.1. The van der Waals surface area contributed by atoms with Gasteiger partial charge in [0, 0.05) is 22.2 Å². The highest BCUT2D eigenvalue weighted by molar-refractivity contribution is 8.00. The van der Waals surface area contributed by atoms with Crippen LogP contribution in [0.15, 0.2) is 58.2 Å². The Morgan fingerprint density at radius 2 is 2.06 bits per heavy atom. The second kappa shape index (κ2) is 8.65. The van der Waals surface area contributed by atoms with Gasteiger partial charge in [-0.05, 0) is 56.0 Å². The molecular weight excluding hydrogens is 480 g/mol. The highest BCUT2D eigenvalue weighted by atomic mass is 32.2. The van der Waals surface area contributed by atoms with Gasteiger partial charge in [-0.1, -0.05) is 18.2 Å². The maximum Gasteiger partial charge on any atom is 0.414 e. The molecule has 1 aromatic heterocycles. The minimum Gasteiger partial charge on any atom is -0.444 e. The molecule has 3 atom stereocenters. The van der Waals surface area contributed by atoms with Crippen LogP contribution in [0.3, 0.4) is 0 Å². The van der Waals surface area contributed by atoms with Gasteiger partial charge in [0.2, 0.25) is 5.91 Å². The molecule has 0 radical (unpaired) electrons. The molecule has 9 nitrogen and oxygen atoms in total. The molecule has 3 aromatic rings. The lowest BCUT2D eigenvalue weighted by atomic mass is 9.91. The molecule has 1 fully saturated rings. The summed E-state index contributed by atoms with van der Waals surface area (Å²) in [5, 5.41) is 18.3. The van der Waals surface area contributed by atoms with E-state index in [9.17, 15) is 19.5 Å². The molecule has 0 unspecified atom stereocenters. The van der Waals surface area contributed by atoms with E-state index in [1.54, 1.807) is 11.0 Å². The number of rotatable bonds is 6. The number of aliphatic hydroxyl groups is 1. The van der Waals surface area contributed by atoms with Crippen LogP contribution in [0.4, 0.5) is 16.2 Å².